The number of nitrogens with one attached hydrogen (secondary N) is 1. The van der Waals surface area contributed by atoms with Gasteiger partial charge in [0, 0.05) is 17.6 Å². The molecule has 1 aromatic carbocycles. The molecule has 1 saturated carbocycles. The van der Waals surface area contributed by atoms with Gasteiger partial charge < -0.3 is 10.4 Å². The lowest BCUT2D eigenvalue weighted by atomic mass is 9.91. The van der Waals surface area contributed by atoms with Crippen LogP contribution in [0.1, 0.15) is 75.1 Å². The Kier molecular flexibility index (Phi) is 3.32. The van der Waals surface area contributed by atoms with Gasteiger partial charge in [-0.15, -0.1) is 0 Å². The normalized spacial score (nSPS) is 31.5. The highest BCUT2D eigenvalue weighted by Crippen LogP contribution is 2.47. The second kappa shape index (κ2) is 4.77. The zero-order valence-corrected chi connectivity index (χ0v) is 13.2. The van der Waals surface area contributed by atoms with E-state index in [4.69, 9.17) is 0 Å². The third-order valence-electron chi connectivity index (χ3n) is 5.32. The molecule has 3 unspecified atom stereocenters. The van der Waals surface area contributed by atoms with Gasteiger partial charge in [0.1, 0.15) is 5.75 Å². The van der Waals surface area contributed by atoms with Gasteiger partial charge >= 0.3 is 0 Å². The molecular formula is C18H27NO. The van der Waals surface area contributed by atoms with Crippen molar-refractivity contribution in [3.63, 3.8) is 0 Å². The molecule has 2 N–H and O–H groups in total. The topological polar surface area (TPSA) is 32.3 Å². The fourth-order valence-corrected chi connectivity index (χ4v) is 4.36. The smallest absolute Gasteiger partial charge is 0.120 e. The molecule has 110 valence electrons. The van der Waals surface area contributed by atoms with Crippen LogP contribution in [-0.4, -0.2) is 11.1 Å². The Hall–Kier alpha value is -1.02. The minimum absolute atomic E-state index is 0.332. The zero-order valence-electron chi connectivity index (χ0n) is 13.2. The number of phenols is 1. The molecule has 2 aliphatic carbocycles. The van der Waals surface area contributed by atoms with Crippen LogP contribution in [0.25, 0.3) is 0 Å². The minimum atomic E-state index is 0.332. The molecule has 0 radical (unpaired) electrons. The summed E-state index contributed by atoms with van der Waals surface area (Å²) >= 11 is 0. The summed E-state index contributed by atoms with van der Waals surface area (Å²) in [6, 6.07) is 4.84. The van der Waals surface area contributed by atoms with Crippen molar-refractivity contribution in [2.75, 3.05) is 0 Å². The molecule has 0 aromatic heterocycles. The third-order valence-corrected chi connectivity index (χ3v) is 5.32. The van der Waals surface area contributed by atoms with Crippen LogP contribution in [-0.2, 0) is 0 Å². The lowest BCUT2D eigenvalue weighted by molar-refractivity contribution is 0.347. The van der Waals surface area contributed by atoms with Gasteiger partial charge in [0.15, 0.2) is 0 Å². The van der Waals surface area contributed by atoms with Crippen LogP contribution < -0.4 is 5.32 Å². The Labute approximate surface area is 122 Å². The van der Waals surface area contributed by atoms with E-state index in [-0.39, 0.29) is 0 Å². The van der Waals surface area contributed by atoms with Gasteiger partial charge in [-0.1, -0.05) is 26.8 Å². The van der Waals surface area contributed by atoms with Gasteiger partial charge in [0.05, 0.1) is 0 Å². The van der Waals surface area contributed by atoms with E-state index in [1.807, 2.05) is 12.1 Å². The van der Waals surface area contributed by atoms with Crippen LogP contribution in [0.3, 0.4) is 0 Å². The quantitative estimate of drug-likeness (QED) is 0.836. The average Bonchev–Trinajstić information content (AvgIpc) is 2.86. The number of fused-ring (bicyclic) bond motifs is 1. The largest absolute Gasteiger partial charge is 0.508 e. The second-order valence-electron chi connectivity index (χ2n) is 7.69. The fourth-order valence-electron chi connectivity index (χ4n) is 4.36. The Morgan fingerprint density at radius 3 is 2.65 bits per heavy atom. The van der Waals surface area contributed by atoms with Crippen LogP contribution in [0.15, 0.2) is 12.1 Å². The lowest BCUT2D eigenvalue weighted by Crippen LogP contribution is -2.30. The predicted octanol–water partition coefficient (Wildman–Crippen LogP) is 4.42. The number of aromatic hydroxyl groups is 1. The summed E-state index contributed by atoms with van der Waals surface area (Å²) in [5, 5.41) is 14.1. The maximum absolute atomic E-state index is 10.3. The monoisotopic (exact) mass is 273 g/mol. The Morgan fingerprint density at radius 2 is 2.00 bits per heavy atom. The van der Waals surface area contributed by atoms with Gasteiger partial charge in [0.25, 0.3) is 0 Å². The highest BCUT2D eigenvalue weighted by molar-refractivity contribution is 5.50. The van der Waals surface area contributed by atoms with Crippen LogP contribution in [0.2, 0.25) is 0 Å². The molecule has 3 atom stereocenters. The van der Waals surface area contributed by atoms with Crippen LogP contribution in [0.5, 0.6) is 5.75 Å². The first-order chi connectivity index (χ1) is 9.37. The Morgan fingerprint density at radius 1 is 1.25 bits per heavy atom. The molecule has 0 aliphatic heterocycles. The van der Waals surface area contributed by atoms with Crippen molar-refractivity contribution < 1.29 is 5.11 Å². The predicted molar refractivity (Wildman–Crippen MR) is 83.2 cm³/mol. The highest BCUT2D eigenvalue weighted by atomic mass is 16.3. The van der Waals surface area contributed by atoms with E-state index in [0.29, 0.717) is 29.2 Å². The molecule has 0 heterocycles. The van der Waals surface area contributed by atoms with Crippen molar-refractivity contribution in [1.82, 2.24) is 5.32 Å². The Balaban J connectivity index is 1.83. The second-order valence-corrected chi connectivity index (χ2v) is 7.69. The summed E-state index contributed by atoms with van der Waals surface area (Å²) in [5.41, 5.74) is 4.34. The molecular weight excluding hydrogens is 246 g/mol. The average molecular weight is 273 g/mol. The SMILES string of the molecule is Cc1ccc(O)c2c1C(C)CC2NC1CCC(C)(C)C1. The molecule has 0 bridgehead atoms. The molecule has 2 aliphatic rings. The number of rotatable bonds is 2. The number of hydrogen-bond donors (Lipinski definition) is 2. The van der Waals surface area contributed by atoms with Gasteiger partial charge in [0.2, 0.25) is 0 Å². The van der Waals surface area contributed by atoms with E-state index in [0.717, 1.165) is 6.42 Å². The van der Waals surface area contributed by atoms with Crippen molar-refractivity contribution in [1.29, 1.82) is 0 Å². The Bertz CT molecular complexity index is 520. The number of phenolic OH excluding ortho intramolecular Hbond substituents is 1. The van der Waals surface area contributed by atoms with Crippen LogP contribution in [0.4, 0.5) is 0 Å². The summed E-state index contributed by atoms with van der Waals surface area (Å²) in [7, 11) is 0. The summed E-state index contributed by atoms with van der Waals surface area (Å²) in [6.07, 6.45) is 4.93. The molecule has 0 spiro atoms. The summed E-state index contributed by atoms with van der Waals surface area (Å²) < 4.78 is 0. The molecule has 1 fully saturated rings. The summed E-state index contributed by atoms with van der Waals surface area (Å²) in [4.78, 5) is 0. The van der Waals surface area contributed by atoms with Crippen molar-refractivity contribution in [2.45, 2.75) is 71.4 Å². The van der Waals surface area contributed by atoms with Gasteiger partial charge in [-0.25, -0.2) is 0 Å². The third kappa shape index (κ3) is 2.35. The number of hydrogen-bond acceptors (Lipinski definition) is 2. The molecule has 1 aromatic rings. The van der Waals surface area contributed by atoms with E-state index in [9.17, 15) is 5.11 Å². The minimum Gasteiger partial charge on any atom is -0.508 e. The van der Waals surface area contributed by atoms with Crippen molar-refractivity contribution in [3.05, 3.63) is 28.8 Å². The maximum Gasteiger partial charge on any atom is 0.120 e. The molecule has 3 rings (SSSR count). The first kappa shape index (κ1) is 13.9. The van der Waals surface area contributed by atoms with E-state index < -0.39 is 0 Å². The van der Waals surface area contributed by atoms with E-state index in [1.165, 1.54) is 36.0 Å². The first-order valence-electron chi connectivity index (χ1n) is 7.96. The van der Waals surface area contributed by atoms with E-state index >= 15 is 0 Å². The molecule has 0 saturated heterocycles. The molecule has 20 heavy (non-hydrogen) atoms. The standard InChI is InChI=1S/C18H27NO/c1-11-5-6-15(20)17-14(9-12(2)16(11)17)19-13-7-8-18(3,4)10-13/h5-6,12-14,19-20H,7-10H2,1-4H3. The lowest BCUT2D eigenvalue weighted by Gasteiger charge is -2.22. The molecule has 0 amide bonds. The first-order valence-corrected chi connectivity index (χ1v) is 7.96. The molecule has 2 heteroatoms. The van der Waals surface area contributed by atoms with Crippen LogP contribution >= 0.6 is 0 Å². The summed E-state index contributed by atoms with van der Waals surface area (Å²) in [5.74, 6) is 1.02. The van der Waals surface area contributed by atoms with Crippen LogP contribution in [0, 0.1) is 12.3 Å². The number of benzene rings is 1. The highest BCUT2D eigenvalue weighted by Gasteiger charge is 2.36. The molecule has 2 nitrogen and oxygen atoms in total. The van der Waals surface area contributed by atoms with Crippen molar-refractivity contribution >= 4 is 0 Å². The van der Waals surface area contributed by atoms with Crippen molar-refractivity contribution in [2.24, 2.45) is 5.41 Å². The maximum atomic E-state index is 10.3. The van der Waals surface area contributed by atoms with E-state index in [2.05, 4.69) is 33.0 Å². The van der Waals surface area contributed by atoms with Crippen molar-refractivity contribution in [3.8, 4) is 5.75 Å². The fraction of sp³-hybridized carbons (Fsp3) is 0.667. The number of aryl methyl sites for hydroxylation is 1. The van der Waals surface area contributed by atoms with Gasteiger partial charge in [-0.2, -0.15) is 0 Å². The van der Waals surface area contributed by atoms with Gasteiger partial charge in [-0.05, 0) is 61.1 Å². The van der Waals surface area contributed by atoms with Gasteiger partial charge in [-0.3, -0.25) is 0 Å². The summed E-state index contributed by atoms with van der Waals surface area (Å²) in [6.45, 7) is 9.17. The zero-order chi connectivity index (χ0) is 14.5. The van der Waals surface area contributed by atoms with E-state index in [1.54, 1.807) is 0 Å².